The number of halogens is 1. The Morgan fingerprint density at radius 1 is 1.30 bits per heavy atom. The Kier molecular flexibility index (Phi) is 5.88. The first-order chi connectivity index (χ1) is 14.5. The van der Waals surface area contributed by atoms with Crippen molar-refractivity contribution in [2.75, 3.05) is 25.0 Å². The number of hydrogen-bond donors (Lipinski definition) is 3. The third kappa shape index (κ3) is 3.74. The van der Waals surface area contributed by atoms with Crippen molar-refractivity contribution in [2.24, 2.45) is 0 Å². The number of amides is 3. The van der Waals surface area contributed by atoms with Gasteiger partial charge in [-0.1, -0.05) is 30.9 Å². The van der Waals surface area contributed by atoms with E-state index in [2.05, 4.69) is 20.9 Å². The molecule has 0 saturated heterocycles. The highest BCUT2D eigenvalue weighted by molar-refractivity contribution is 6.35. The normalized spacial score (nSPS) is 17.5. The average molecular weight is 434 g/mol. The number of aromatic nitrogens is 1. The van der Waals surface area contributed by atoms with E-state index in [9.17, 15) is 9.59 Å². The molecule has 3 N–H and O–H groups in total. The number of nitrogens with one attached hydrogen (secondary N) is 3. The second-order valence-corrected chi connectivity index (χ2v) is 8.36. The number of urea groups is 1. The minimum absolute atomic E-state index is 0.0459. The van der Waals surface area contributed by atoms with Gasteiger partial charge in [0.15, 0.2) is 5.58 Å². The second kappa shape index (κ2) is 8.43. The molecule has 0 atom stereocenters. The Morgan fingerprint density at radius 3 is 2.73 bits per heavy atom. The predicted molar refractivity (Wildman–Crippen MR) is 116 cm³/mol. The first-order valence-corrected chi connectivity index (χ1v) is 11.0. The molecule has 1 fully saturated rings. The fraction of sp³-hybridized carbons (Fsp3) is 0.571. The van der Waals surface area contributed by atoms with E-state index in [1.165, 1.54) is 0 Å². The molecule has 1 aromatic carbocycles. The molecule has 30 heavy (non-hydrogen) atoms. The molecule has 8 nitrogen and oxygen atoms in total. The molecule has 9 heteroatoms. The molecule has 0 unspecified atom stereocenters. The maximum absolute atomic E-state index is 12.3. The van der Waals surface area contributed by atoms with Crippen LogP contribution in [-0.2, 0) is 16.9 Å². The molecule has 1 saturated carbocycles. The molecule has 1 aliphatic heterocycles. The number of rotatable bonds is 6. The highest BCUT2D eigenvalue weighted by Gasteiger charge is 2.44. The van der Waals surface area contributed by atoms with E-state index in [0.29, 0.717) is 47.3 Å². The second-order valence-electron chi connectivity index (χ2n) is 7.96. The summed E-state index contributed by atoms with van der Waals surface area (Å²) in [6.45, 7) is 5.85. The highest BCUT2D eigenvalue weighted by Crippen LogP contribution is 2.48. The van der Waals surface area contributed by atoms with Gasteiger partial charge in [0.1, 0.15) is 5.52 Å². The van der Waals surface area contributed by atoms with Gasteiger partial charge < -0.3 is 20.0 Å². The van der Waals surface area contributed by atoms with Crippen LogP contribution in [0.4, 0.5) is 10.5 Å². The molecule has 4 rings (SSSR count). The van der Waals surface area contributed by atoms with Crippen LogP contribution in [0.3, 0.4) is 0 Å². The Morgan fingerprint density at radius 2 is 2.03 bits per heavy atom. The lowest BCUT2D eigenvalue weighted by molar-refractivity contribution is -0.129. The lowest BCUT2D eigenvalue weighted by atomic mass is 9.74. The number of benzene rings is 1. The fourth-order valence-corrected chi connectivity index (χ4v) is 4.90. The minimum atomic E-state index is -0.484. The monoisotopic (exact) mass is 433 g/mol. The Hall–Kier alpha value is -2.32. The van der Waals surface area contributed by atoms with E-state index in [4.69, 9.17) is 16.0 Å². The van der Waals surface area contributed by atoms with Gasteiger partial charge in [0.25, 0.3) is 0 Å². The Labute approximate surface area is 180 Å². The van der Waals surface area contributed by atoms with Crippen LogP contribution in [0.2, 0.25) is 5.02 Å². The molecular formula is C21H28ClN5O3. The lowest BCUT2D eigenvalue weighted by Gasteiger charge is -2.42. The smallest absolute Gasteiger partial charge is 0.319 e. The quantitative estimate of drug-likeness (QED) is 0.644. The standard InChI is InChI=1S/C21H28ClN5O3/c1-3-27(4-2)16(28)12-23-11-15-24-14-10-13(22)18-17(19(14)30-15)21(26-20(29)25-18)8-6-5-7-9-21/h10,23H,3-9,11-12H2,1-2H3,(H2,25,26,29). The van der Waals surface area contributed by atoms with Crippen molar-refractivity contribution in [3.63, 3.8) is 0 Å². The predicted octanol–water partition coefficient (Wildman–Crippen LogP) is 3.73. The summed E-state index contributed by atoms with van der Waals surface area (Å²) in [6.07, 6.45) is 4.90. The van der Waals surface area contributed by atoms with Gasteiger partial charge in [-0.15, -0.1) is 0 Å². The van der Waals surface area contributed by atoms with Gasteiger partial charge in [-0.2, -0.15) is 0 Å². The number of carbonyl (C=O) groups is 2. The number of likely N-dealkylation sites (N-methyl/N-ethyl adjacent to an activating group) is 1. The van der Waals surface area contributed by atoms with Gasteiger partial charge in [0, 0.05) is 18.7 Å². The zero-order valence-corrected chi connectivity index (χ0v) is 18.2. The summed E-state index contributed by atoms with van der Waals surface area (Å²) in [7, 11) is 0. The Balaban J connectivity index is 1.63. The molecule has 2 heterocycles. The first kappa shape index (κ1) is 20.9. The van der Waals surface area contributed by atoms with Crippen LogP contribution < -0.4 is 16.0 Å². The number of fused-ring (bicyclic) bond motifs is 4. The number of nitrogens with zero attached hydrogens (tertiary/aromatic N) is 2. The summed E-state index contributed by atoms with van der Waals surface area (Å²) in [6, 6.07) is 1.49. The largest absolute Gasteiger partial charge is 0.439 e. The topological polar surface area (TPSA) is 99.5 Å². The molecule has 1 aliphatic carbocycles. The van der Waals surface area contributed by atoms with Crippen LogP contribution in [0.25, 0.3) is 11.1 Å². The van der Waals surface area contributed by atoms with Crippen LogP contribution in [-0.4, -0.2) is 41.5 Å². The van der Waals surface area contributed by atoms with Crippen molar-refractivity contribution >= 4 is 40.3 Å². The maximum Gasteiger partial charge on any atom is 0.319 e. The van der Waals surface area contributed by atoms with E-state index >= 15 is 0 Å². The van der Waals surface area contributed by atoms with Gasteiger partial charge >= 0.3 is 6.03 Å². The molecule has 2 aromatic rings. The number of hydrogen-bond acceptors (Lipinski definition) is 5. The number of carbonyl (C=O) groups excluding carboxylic acids is 2. The number of anilines is 1. The van der Waals surface area contributed by atoms with Crippen LogP contribution in [0.5, 0.6) is 0 Å². The van der Waals surface area contributed by atoms with Crippen molar-refractivity contribution in [3.8, 4) is 0 Å². The average Bonchev–Trinajstić information content (AvgIpc) is 3.11. The van der Waals surface area contributed by atoms with Gasteiger partial charge in [-0.05, 0) is 32.8 Å². The van der Waals surface area contributed by atoms with Crippen LogP contribution in [0, 0.1) is 0 Å². The van der Waals surface area contributed by atoms with Crippen molar-refractivity contribution in [3.05, 3.63) is 22.5 Å². The van der Waals surface area contributed by atoms with E-state index in [1.54, 1.807) is 11.0 Å². The van der Waals surface area contributed by atoms with Crippen LogP contribution in [0.1, 0.15) is 57.4 Å². The van der Waals surface area contributed by atoms with Gasteiger partial charge in [-0.25, -0.2) is 9.78 Å². The molecule has 162 valence electrons. The van der Waals surface area contributed by atoms with E-state index in [1.807, 2.05) is 13.8 Å². The van der Waals surface area contributed by atoms with Crippen LogP contribution in [0.15, 0.2) is 10.5 Å². The summed E-state index contributed by atoms with van der Waals surface area (Å²) >= 11 is 6.52. The van der Waals surface area contributed by atoms with Crippen molar-refractivity contribution < 1.29 is 14.0 Å². The minimum Gasteiger partial charge on any atom is -0.439 e. The number of oxazole rings is 1. The van der Waals surface area contributed by atoms with Crippen LogP contribution >= 0.6 is 11.6 Å². The zero-order chi connectivity index (χ0) is 21.3. The summed E-state index contributed by atoms with van der Waals surface area (Å²) in [4.78, 5) is 30.9. The summed E-state index contributed by atoms with van der Waals surface area (Å²) in [5.74, 6) is 0.536. The SMILES string of the molecule is CCN(CC)C(=O)CNCc1nc2cc(Cl)c3c(c2o1)C1(CCCCC1)NC(=O)N3. The third-order valence-electron chi connectivity index (χ3n) is 6.12. The highest BCUT2D eigenvalue weighted by atomic mass is 35.5. The molecule has 1 spiro atoms. The van der Waals surface area contributed by atoms with Gasteiger partial charge in [0.2, 0.25) is 11.8 Å². The van der Waals surface area contributed by atoms with Crippen molar-refractivity contribution in [1.29, 1.82) is 0 Å². The van der Waals surface area contributed by atoms with Gasteiger partial charge in [-0.3, -0.25) is 10.1 Å². The van der Waals surface area contributed by atoms with Crippen molar-refractivity contribution in [2.45, 2.75) is 58.0 Å². The lowest BCUT2D eigenvalue weighted by Crippen LogP contribution is -2.52. The molecule has 2 aliphatic rings. The van der Waals surface area contributed by atoms with Crippen molar-refractivity contribution in [1.82, 2.24) is 20.5 Å². The summed E-state index contributed by atoms with van der Waals surface area (Å²) in [5, 5.41) is 9.57. The van der Waals surface area contributed by atoms with E-state index < -0.39 is 5.54 Å². The molecule has 0 bridgehead atoms. The molecule has 0 radical (unpaired) electrons. The summed E-state index contributed by atoms with van der Waals surface area (Å²) in [5.41, 5.74) is 2.33. The van der Waals surface area contributed by atoms with Gasteiger partial charge in [0.05, 0.1) is 29.3 Å². The first-order valence-electron chi connectivity index (χ1n) is 10.7. The summed E-state index contributed by atoms with van der Waals surface area (Å²) < 4.78 is 6.13. The Bertz CT molecular complexity index is 963. The zero-order valence-electron chi connectivity index (χ0n) is 17.4. The van der Waals surface area contributed by atoms with E-state index in [0.717, 1.165) is 37.7 Å². The molecule has 3 amide bonds. The maximum atomic E-state index is 12.3. The fourth-order valence-electron chi connectivity index (χ4n) is 4.65. The molecular weight excluding hydrogens is 406 g/mol. The van der Waals surface area contributed by atoms with E-state index in [-0.39, 0.29) is 18.5 Å². The molecule has 1 aromatic heterocycles. The third-order valence-corrected chi connectivity index (χ3v) is 6.42.